The van der Waals surface area contributed by atoms with E-state index in [0.717, 1.165) is 31.7 Å². The molecule has 0 aromatic heterocycles. The number of morpholine rings is 1. The maximum absolute atomic E-state index is 5.78. The monoisotopic (exact) mass is 248 g/mol. The van der Waals surface area contributed by atoms with Gasteiger partial charge in [0, 0.05) is 18.8 Å². The molecule has 0 saturated carbocycles. The van der Waals surface area contributed by atoms with E-state index in [-0.39, 0.29) is 0 Å². The van der Waals surface area contributed by atoms with Gasteiger partial charge in [0.25, 0.3) is 0 Å². The van der Waals surface area contributed by atoms with Crippen LogP contribution in [0.25, 0.3) is 0 Å². The zero-order valence-electron chi connectivity index (χ0n) is 11.4. The second-order valence-corrected chi connectivity index (χ2v) is 5.37. The highest BCUT2D eigenvalue weighted by Gasteiger charge is 2.21. The van der Waals surface area contributed by atoms with Gasteiger partial charge in [-0.05, 0) is 50.9 Å². The first kappa shape index (κ1) is 13.4. The summed E-state index contributed by atoms with van der Waals surface area (Å²) in [5.41, 5.74) is 7.98. The van der Waals surface area contributed by atoms with Crippen LogP contribution >= 0.6 is 0 Å². The maximum atomic E-state index is 5.78. The number of hydrogen-bond donors (Lipinski definition) is 1. The lowest BCUT2D eigenvalue weighted by molar-refractivity contribution is -0.0680. The van der Waals surface area contributed by atoms with E-state index in [2.05, 4.69) is 30.9 Å². The van der Waals surface area contributed by atoms with Crippen molar-refractivity contribution >= 4 is 5.69 Å². The van der Waals surface area contributed by atoms with E-state index < -0.39 is 0 Å². The smallest absolute Gasteiger partial charge is 0.0678 e. The van der Waals surface area contributed by atoms with E-state index in [4.69, 9.17) is 10.5 Å². The van der Waals surface area contributed by atoms with Crippen molar-refractivity contribution in [3.63, 3.8) is 0 Å². The van der Waals surface area contributed by atoms with Crippen molar-refractivity contribution < 1.29 is 4.74 Å². The van der Waals surface area contributed by atoms with Crippen LogP contribution in [0.4, 0.5) is 5.69 Å². The second-order valence-electron chi connectivity index (χ2n) is 5.37. The van der Waals surface area contributed by atoms with Crippen LogP contribution in [0.5, 0.6) is 0 Å². The molecule has 0 spiro atoms. The largest absolute Gasteiger partial charge is 0.399 e. The molecular weight excluding hydrogens is 224 g/mol. The van der Waals surface area contributed by atoms with Crippen LogP contribution in [-0.2, 0) is 11.2 Å². The lowest BCUT2D eigenvalue weighted by Gasteiger charge is -2.35. The molecule has 1 aromatic carbocycles. The summed E-state index contributed by atoms with van der Waals surface area (Å²) in [6.45, 7) is 7.57. The van der Waals surface area contributed by atoms with E-state index in [9.17, 15) is 0 Å². The number of anilines is 1. The van der Waals surface area contributed by atoms with Crippen LogP contribution in [0.3, 0.4) is 0 Å². The van der Waals surface area contributed by atoms with Crippen LogP contribution in [0.2, 0.25) is 0 Å². The highest BCUT2D eigenvalue weighted by molar-refractivity contribution is 5.40. The van der Waals surface area contributed by atoms with Crippen molar-refractivity contribution in [3.05, 3.63) is 29.8 Å². The molecule has 2 unspecified atom stereocenters. The first-order valence-corrected chi connectivity index (χ1v) is 6.85. The predicted molar refractivity (Wildman–Crippen MR) is 75.6 cm³/mol. The average molecular weight is 248 g/mol. The fourth-order valence-corrected chi connectivity index (χ4v) is 2.72. The minimum Gasteiger partial charge on any atom is -0.399 e. The van der Waals surface area contributed by atoms with Crippen molar-refractivity contribution in [1.82, 2.24) is 4.90 Å². The van der Waals surface area contributed by atoms with Gasteiger partial charge in [0.1, 0.15) is 0 Å². The Balaban J connectivity index is 1.75. The van der Waals surface area contributed by atoms with Gasteiger partial charge in [-0.25, -0.2) is 0 Å². The molecule has 1 heterocycles. The van der Waals surface area contributed by atoms with Crippen molar-refractivity contribution in [2.45, 2.75) is 38.9 Å². The SMILES string of the molecule is CC1CN(CCCc2cccc(N)c2)CC(C)O1. The fraction of sp³-hybridized carbons (Fsp3) is 0.600. The third kappa shape index (κ3) is 4.00. The summed E-state index contributed by atoms with van der Waals surface area (Å²) < 4.78 is 5.74. The summed E-state index contributed by atoms with van der Waals surface area (Å²) in [5.74, 6) is 0. The molecule has 2 atom stereocenters. The van der Waals surface area contributed by atoms with E-state index in [0.29, 0.717) is 12.2 Å². The van der Waals surface area contributed by atoms with E-state index >= 15 is 0 Å². The highest BCUT2D eigenvalue weighted by Crippen LogP contribution is 2.13. The molecule has 1 saturated heterocycles. The van der Waals surface area contributed by atoms with Crippen molar-refractivity contribution in [3.8, 4) is 0 Å². The van der Waals surface area contributed by atoms with E-state index in [1.165, 1.54) is 12.0 Å². The Bertz CT molecular complexity index is 371. The van der Waals surface area contributed by atoms with Gasteiger partial charge in [-0.3, -0.25) is 4.90 Å². The quantitative estimate of drug-likeness (QED) is 0.831. The minimum atomic E-state index is 0.362. The molecule has 3 heteroatoms. The van der Waals surface area contributed by atoms with Gasteiger partial charge in [-0.1, -0.05) is 12.1 Å². The average Bonchev–Trinajstić information content (AvgIpc) is 2.27. The number of nitrogens with two attached hydrogens (primary N) is 1. The van der Waals surface area contributed by atoms with Crippen molar-refractivity contribution in [2.75, 3.05) is 25.4 Å². The summed E-state index contributed by atoms with van der Waals surface area (Å²) in [6, 6.07) is 8.20. The standard InChI is InChI=1S/C15H24N2O/c1-12-10-17(11-13(2)18-12)8-4-6-14-5-3-7-15(16)9-14/h3,5,7,9,12-13H,4,6,8,10-11,16H2,1-2H3. The number of ether oxygens (including phenoxy) is 1. The van der Waals surface area contributed by atoms with Gasteiger partial charge in [0.2, 0.25) is 0 Å². The first-order chi connectivity index (χ1) is 8.63. The van der Waals surface area contributed by atoms with Crippen molar-refractivity contribution in [1.29, 1.82) is 0 Å². The fourth-order valence-electron chi connectivity index (χ4n) is 2.72. The lowest BCUT2D eigenvalue weighted by atomic mass is 10.1. The summed E-state index contributed by atoms with van der Waals surface area (Å²) in [4.78, 5) is 2.51. The van der Waals surface area contributed by atoms with Crippen LogP contribution in [0.1, 0.15) is 25.8 Å². The number of benzene rings is 1. The minimum absolute atomic E-state index is 0.362. The summed E-state index contributed by atoms with van der Waals surface area (Å²) in [5, 5.41) is 0. The van der Waals surface area contributed by atoms with E-state index in [1.807, 2.05) is 12.1 Å². The molecule has 2 rings (SSSR count). The van der Waals surface area contributed by atoms with Gasteiger partial charge in [0.15, 0.2) is 0 Å². The molecular formula is C15H24N2O. The van der Waals surface area contributed by atoms with Gasteiger partial charge < -0.3 is 10.5 Å². The zero-order chi connectivity index (χ0) is 13.0. The first-order valence-electron chi connectivity index (χ1n) is 6.85. The predicted octanol–water partition coefficient (Wildman–Crippen LogP) is 2.31. The molecule has 2 N–H and O–H groups in total. The molecule has 1 aliphatic rings. The summed E-state index contributed by atoms with van der Waals surface area (Å²) in [7, 11) is 0. The molecule has 1 aliphatic heterocycles. The van der Waals surface area contributed by atoms with Crippen molar-refractivity contribution in [2.24, 2.45) is 0 Å². The molecule has 0 bridgehead atoms. The van der Waals surface area contributed by atoms with Gasteiger partial charge >= 0.3 is 0 Å². The van der Waals surface area contributed by atoms with Crippen LogP contribution in [0, 0.1) is 0 Å². The maximum Gasteiger partial charge on any atom is 0.0678 e. The third-order valence-corrected chi connectivity index (χ3v) is 3.39. The molecule has 0 amide bonds. The summed E-state index contributed by atoms with van der Waals surface area (Å²) in [6.07, 6.45) is 3.01. The Morgan fingerprint density at radius 3 is 2.67 bits per heavy atom. The summed E-state index contributed by atoms with van der Waals surface area (Å²) >= 11 is 0. The normalized spacial score (nSPS) is 25.2. The lowest BCUT2D eigenvalue weighted by Crippen LogP contribution is -2.45. The Labute approximate surface area is 110 Å². The number of nitrogens with zero attached hydrogens (tertiary/aromatic N) is 1. The van der Waals surface area contributed by atoms with Gasteiger partial charge in [-0.2, -0.15) is 0 Å². The Morgan fingerprint density at radius 2 is 2.00 bits per heavy atom. The van der Waals surface area contributed by atoms with E-state index in [1.54, 1.807) is 0 Å². The number of nitrogen functional groups attached to an aromatic ring is 1. The number of aryl methyl sites for hydroxylation is 1. The highest BCUT2D eigenvalue weighted by atomic mass is 16.5. The Morgan fingerprint density at radius 1 is 1.28 bits per heavy atom. The molecule has 100 valence electrons. The van der Waals surface area contributed by atoms with Crippen LogP contribution < -0.4 is 5.73 Å². The Hall–Kier alpha value is -1.06. The molecule has 0 aliphatic carbocycles. The number of hydrogen-bond acceptors (Lipinski definition) is 3. The Kier molecular flexibility index (Phi) is 4.61. The molecule has 1 aromatic rings. The molecule has 1 fully saturated rings. The van der Waals surface area contributed by atoms with Gasteiger partial charge in [0.05, 0.1) is 12.2 Å². The van der Waals surface area contributed by atoms with Gasteiger partial charge in [-0.15, -0.1) is 0 Å². The zero-order valence-corrected chi connectivity index (χ0v) is 11.4. The second kappa shape index (κ2) is 6.21. The number of rotatable bonds is 4. The van der Waals surface area contributed by atoms with Crippen LogP contribution in [0.15, 0.2) is 24.3 Å². The molecule has 0 radical (unpaired) electrons. The topological polar surface area (TPSA) is 38.5 Å². The molecule has 3 nitrogen and oxygen atoms in total. The van der Waals surface area contributed by atoms with Crippen LogP contribution in [-0.4, -0.2) is 36.7 Å². The third-order valence-electron chi connectivity index (χ3n) is 3.39. The molecule has 18 heavy (non-hydrogen) atoms.